The molecule has 2 atom stereocenters. The largest absolute Gasteiger partial charge is 0.483 e. The summed E-state index contributed by atoms with van der Waals surface area (Å²) in [7, 11) is 1.71. The molecule has 1 saturated heterocycles. The van der Waals surface area contributed by atoms with Gasteiger partial charge in [-0.25, -0.2) is 13.4 Å². The van der Waals surface area contributed by atoms with Gasteiger partial charge in [-0.3, -0.25) is 0 Å². The van der Waals surface area contributed by atoms with E-state index in [1.165, 1.54) is 16.4 Å². The smallest absolute Gasteiger partial charge is 0.426 e. The Labute approximate surface area is 153 Å². The number of carbonyl (C=O) groups is 1. The minimum absolute atomic E-state index is 0.147. The lowest BCUT2D eigenvalue weighted by Crippen LogP contribution is -2.44. The summed E-state index contributed by atoms with van der Waals surface area (Å²) in [6.45, 7) is 9.67. The van der Waals surface area contributed by atoms with Crippen molar-refractivity contribution in [1.82, 2.24) is 8.61 Å². The van der Waals surface area contributed by atoms with Gasteiger partial charge in [0.1, 0.15) is 5.60 Å². The summed E-state index contributed by atoms with van der Waals surface area (Å²) in [5.41, 5.74) is 0.799. The van der Waals surface area contributed by atoms with Crippen molar-refractivity contribution in [2.45, 2.75) is 51.9 Å². The van der Waals surface area contributed by atoms with E-state index in [2.05, 4.69) is 4.31 Å². The summed E-state index contributed by atoms with van der Waals surface area (Å²) >= 11 is 1.36. The maximum absolute atomic E-state index is 12.5. The maximum atomic E-state index is 12.5. The molecule has 1 fully saturated rings. The molecular weight excluding hydrogens is 340 g/mol. The van der Waals surface area contributed by atoms with Gasteiger partial charge in [0, 0.05) is 44.3 Å². The number of fused-ring (bicyclic) bond motifs is 1. The van der Waals surface area contributed by atoms with Crippen molar-refractivity contribution < 1.29 is 19.0 Å². The van der Waals surface area contributed by atoms with Gasteiger partial charge >= 0.3 is 6.09 Å². The Balaban J connectivity index is 1.62. The van der Waals surface area contributed by atoms with Crippen LogP contribution in [0.2, 0.25) is 0 Å². The second-order valence-electron chi connectivity index (χ2n) is 7.33. The molecule has 7 heteroatoms. The molecule has 3 rings (SSSR count). The fraction of sp³-hybridized carbons (Fsp3) is 0.611. The van der Waals surface area contributed by atoms with Crippen molar-refractivity contribution >= 4 is 18.2 Å². The SMILES string of the molecule is CC1CN(SN(C)C(=O)Oc2cccc3c2OC(C)(C)C3)CC(C)O1. The van der Waals surface area contributed by atoms with Gasteiger partial charge in [0.2, 0.25) is 0 Å². The summed E-state index contributed by atoms with van der Waals surface area (Å²) in [4.78, 5) is 12.5. The van der Waals surface area contributed by atoms with E-state index in [4.69, 9.17) is 14.2 Å². The third kappa shape index (κ3) is 4.40. The minimum atomic E-state index is -0.418. The standard InChI is InChI=1S/C18H26N2O4S/c1-12-10-20(11-13(2)22-12)25-19(5)17(21)23-15-8-6-7-14-9-18(3,4)24-16(14)15/h6-8,12-13H,9-11H2,1-5H3. The first-order valence-corrected chi connectivity index (χ1v) is 9.31. The van der Waals surface area contributed by atoms with E-state index in [1.807, 2.05) is 39.8 Å². The zero-order valence-corrected chi connectivity index (χ0v) is 16.3. The quantitative estimate of drug-likeness (QED) is 0.763. The first kappa shape index (κ1) is 18.4. The Bertz CT molecular complexity index is 642. The lowest BCUT2D eigenvalue weighted by molar-refractivity contribution is -0.0420. The molecule has 138 valence electrons. The summed E-state index contributed by atoms with van der Waals surface area (Å²) in [5, 5.41) is 0. The summed E-state index contributed by atoms with van der Waals surface area (Å²) in [6, 6.07) is 5.68. The van der Waals surface area contributed by atoms with Crippen LogP contribution in [0.25, 0.3) is 0 Å². The Morgan fingerprint density at radius 2 is 2.00 bits per heavy atom. The van der Waals surface area contributed by atoms with Gasteiger partial charge in [0.25, 0.3) is 0 Å². The first-order chi connectivity index (χ1) is 11.7. The predicted octanol–water partition coefficient (Wildman–Crippen LogP) is 3.50. The molecule has 1 aromatic rings. The van der Waals surface area contributed by atoms with Crippen LogP contribution in [0.5, 0.6) is 11.5 Å². The van der Waals surface area contributed by atoms with Crippen LogP contribution in [0.15, 0.2) is 18.2 Å². The van der Waals surface area contributed by atoms with E-state index in [-0.39, 0.29) is 17.8 Å². The number of ether oxygens (including phenoxy) is 3. The highest BCUT2D eigenvalue weighted by Crippen LogP contribution is 2.42. The monoisotopic (exact) mass is 366 g/mol. The highest BCUT2D eigenvalue weighted by atomic mass is 32.2. The molecule has 0 radical (unpaired) electrons. The molecule has 2 aliphatic heterocycles. The first-order valence-electron chi connectivity index (χ1n) is 8.58. The lowest BCUT2D eigenvalue weighted by atomic mass is 10.0. The number of nitrogens with zero attached hydrogens (tertiary/aromatic N) is 2. The molecule has 2 unspecified atom stereocenters. The average molecular weight is 366 g/mol. The van der Waals surface area contributed by atoms with E-state index in [0.29, 0.717) is 11.5 Å². The molecule has 0 aliphatic carbocycles. The number of hydrogen-bond donors (Lipinski definition) is 0. The van der Waals surface area contributed by atoms with E-state index in [0.717, 1.165) is 25.1 Å². The second-order valence-corrected chi connectivity index (χ2v) is 8.56. The molecule has 2 heterocycles. The van der Waals surface area contributed by atoms with Crippen LogP contribution in [-0.4, -0.2) is 52.6 Å². The van der Waals surface area contributed by atoms with Crippen molar-refractivity contribution in [2.24, 2.45) is 0 Å². The Morgan fingerprint density at radius 1 is 1.32 bits per heavy atom. The molecule has 6 nitrogen and oxygen atoms in total. The van der Waals surface area contributed by atoms with Crippen LogP contribution in [0.1, 0.15) is 33.3 Å². The van der Waals surface area contributed by atoms with E-state index >= 15 is 0 Å². The Morgan fingerprint density at radius 3 is 2.68 bits per heavy atom. The molecule has 1 amide bonds. The lowest BCUT2D eigenvalue weighted by Gasteiger charge is -2.35. The van der Waals surface area contributed by atoms with Gasteiger partial charge in [-0.1, -0.05) is 12.1 Å². The van der Waals surface area contributed by atoms with Crippen molar-refractivity contribution in [3.8, 4) is 11.5 Å². The number of rotatable bonds is 3. The Kier molecular flexibility index (Phi) is 5.18. The van der Waals surface area contributed by atoms with Crippen LogP contribution in [0.4, 0.5) is 4.79 Å². The zero-order valence-electron chi connectivity index (χ0n) is 15.4. The fourth-order valence-corrected chi connectivity index (χ4v) is 4.23. The summed E-state index contributed by atoms with van der Waals surface area (Å²) in [6.07, 6.45) is 0.683. The van der Waals surface area contributed by atoms with E-state index in [9.17, 15) is 4.79 Å². The van der Waals surface area contributed by atoms with Crippen molar-refractivity contribution in [3.05, 3.63) is 23.8 Å². The fourth-order valence-electron chi connectivity index (χ4n) is 3.23. The molecule has 1 aromatic carbocycles. The van der Waals surface area contributed by atoms with E-state index in [1.54, 1.807) is 13.1 Å². The molecule has 0 N–H and O–H groups in total. The van der Waals surface area contributed by atoms with Gasteiger partial charge in [-0.2, -0.15) is 0 Å². The highest BCUT2D eigenvalue weighted by Gasteiger charge is 2.33. The van der Waals surface area contributed by atoms with Crippen LogP contribution < -0.4 is 9.47 Å². The number of para-hydroxylation sites is 1. The van der Waals surface area contributed by atoms with Crippen LogP contribution >= 0.6 is 12.1 Å². The molecule has 0 aromatic heterocycles. The van der Waals surface area contributed by atoms with Crippen LogP contribution in [0.3, 0.4) is 0 Å². The zero-order chi connectivity index (χ0) is 18.2. The third-order valence-corrected chi connectivity index (χ3v) is 5.06. The molecule has 0 bridgehead atoms. The van der Waals surface area contributed by atoms with E-state index < -0.39 is 6.09 Å². The number of hydrogen-bond acceptors (Lipinski definition) is 6. The van der Waals surface area contributed by atoms with Gasteiger partial charge < -0.3 is 14.2 Å². The van der Waals surface area contributed by atoms with Crippen LogP contribution in [0, 0.1) is 0 Å². The van der Waals surface area contributed by atoms with Gasteiger partial charge in [-0.05, 0) is 33.8 Å². The molecule has 2 aliphatic rings. The predicted molar refractivity (Wildman–Crippen MR) is 97.8 cm³/mol. The Hall–Kier alpha value is -1.44. The second kappa shape index (κ2) is 7.05. The van der Waals surface area contributed by atoms with Crippen molar-refractivity contribution in [3.63, 3.8) is 0 Å². The highest BCUT2D eigenvalue weighted by molar-refractivity contribution is 7.95. The van der Waals surface area contributed by atoms with Crippen LogP contribution in [-0.2, 0) is 11.2 Å². The molecular formula is C18H26N2O4S. The minimum Gasteiger partial charge on any atom is -0.483 e. The topological polar surface area (TPSA) is 51.2 Å². The van der Waals surface area contributed by atoms with Gasteiger partial charge in [0.05, 0.1) is 12.2 Å². The number of carbonyl (C=O) groups excluding carboxylic acids is 1. The number of morpholine rings is 1. The number of amides is 1. The molecule has 25 heavy (non-hydrogen) atoms. The van der Waals surface area contributed by atoms with Crippen molar-refractivity contribution in [1.29, 1.82) is 0 Å². The molecule has 0 saturated carbocycles. The van der Waals surface area contributed by atoms with Crippen molar-refractivity contribution in [2.75, 3.05) is 20.1 Å². The summed E-state index contributed by atoms with van der Waals surface area (Å²) in [5.74, 6) is 1.15. The van der Waals surface area contributed by atoms with Gasteiger partial charge in [0.15, 0.2) is 11.5 Å². The molecule has 0 spiro atoms. The van der Waals surface area contributed by atoms with Gasteiger partial charge in [-0.15, -0.1) is 0 Å². The summed E-state index contributed by atoms with van der Waals surface area (Å²) < 4.78 is 20.9. The number of benzene rings is 1. The average Bonchev–Trinajstić information content (AvgIpc) is 2.81. The maximum Gasteiger partial charge on any atom is 0.426 e. The normalized spacial score (nSPS) is 25.2. The third-order valence-electron chi connectivity index (χ3n) is 4.13.